The van der Waals surface area contributed by atoms with Crippen molar-refractivity contribution in [2.45, 2.75) is 6.42 Å². The molecule has 0 nitrogen and oxygen atoms in total. The van der Waals surface area contributed by atoms with Crippen LogP contribution in [0.2, 0.25) is 0 Å². The molecule has 0 saturated heterocycles. The van der Waals surface area contributed by atoms with Crippen LogP contribution in [0.15, 0.2) is 48.5 Å². The van der Waals surface area contributed by atoms with Gasteiger partial charge >= 0.3 is 0 Å². The molecule has 0 atom stereocenters. The van der Waals surface area contributed by atoms with Gasteiger partial charge in [0.05, 0.1) is 0 Å². The molecule has 0 amide bonds. The fourth-order valence-corrected chi connectivity index (χ4v) is 2.76. The van der Waals surface area contributed by atoms with E-state index < -0.39 is 0 Å². The third kappa shape index (κ3) is 1.18. The predicted molar refractivity (Wildman–Crippen MR) is 69.9 cm³/mol. The van der Waals surface area contributed by atoms with E-state index in [9.17, 15) is 0 Å². The Kier molecular flexibility index (Phi) is 1.70. The van der Waals surface area contributed by atoms with Crippen LogP contribution < -0.4 is 0 Å². The molecule has 2 radical (unpaired) electrons. The van der Waals surface area contributed by atoms with Crippen LogP contribution >= 0.6 is 0 Å². The van der Waals surface area contributed by atoms with Crippen molar-refractivity contribution in [3.8, 4) is 11.1 Å². The van der Waals surface area contributed by atoms with Gasteiger partial charge in [0.15, 0.2) is 0 Å². The second kappa shape index (κ2) is 3.21. The van der Waals surface area contributed by atoms with Gasteiger partial charge in [0.1, 0.15) is 0 Å². The first kappa shape index (κ1) is 9.00. The molecule has 0 spiro atoms. The number of rotatable bonds is 0. The Morgan fingerprint density at radius 2 is 1.82 bits per heavy atom. The Bertz CT molecular complexity index is 723. The molecule has 1 aliphatic rings. The lowest BCUT2D eigenvalue weighted by Crippen LogP contribution is -1.83. The van der Waals surface area contributed by atoms with Crippen LogP contribution in [0.1, 0.15) is 11.1 Å². The maximum absolute atomic E-state index is 3.26. The van der Waals surface area contributed by atoms with Crippen molar-refractivity contribution in [3.05, 3.63) is 71.8 Å². The van der Waals surface area contributed by atoms with Crippen molar-refractivity contribution in [1.29, 1.82) is 0 Å². The lowest BCUT2D eigenvalue weighted by Gasteiger charge is -2.04. The summed E-state index contributed by atoms with van der Waals surface area (Å²) >= 11 is 0. The predicted octanol–water partition coefficient (Wildman–Crippen LogP) is 4.01. The minimum atomic E-state index is 1.02. The van der Waals surface area contributed by atoms with E-state index in [0.717, 1.165) is 6.42 Å². The zero-order chi connectivity index (χ0) is 11.2. The Balaban J connectivity index is 2.11. The normalized spacial score (nSPS) is 12.5. The monoisotopic (exact) mass is 214 g/mol. The van der Waals surface area contributed by atoms with E-state index in [4.69, 9.17) is 0 Å². The lowest BCUT2D eigenvalue weighted by molar-refractivity contribution is 1.28. The van der Waals surface area contributed by atoms with Gasteiger partial charge in [0.25, 0.3) is 0 Å². The molecular weight excluding hydrogens is 204 g/mol. The van der Waals surface area contributed by atoms with Gasteiger partial charge in [0, 0.05) is 0 Å². The number of hydrogen-bond acceptors (Lipinski definition) is 0. The molecule has 0 unspecified atom stereocenters. The number of fused-ring (bicyclic) bond motifs is 5. The van der Waals surface area contributed by atoms with Gasteiger partial charge in [-0.1, -0.05) is 48.5 Å². The van der Waals surface area contributed by atoms with E-state index in [1.54, 1.807) is 0 Å². The third-order valence-electron chi connectivity index (χ3n) is 3.56. The summed E-state index contributed by atoms with van der Waals surface area (Å²) in [6.07, 6.45) is 1.02. The highest BCUT2D eigenvalue weighted by Crippen LogP contribution is 2.39. The van der Waals surface area contributed by atoms with Gasteiger partial charge in [-0.05, 0) is 51.6 Å². The molecule has 17 heavy (non-hydrogen) atoms. The molecule has 0 heterocycles. The van der Waals surface area contributed by atoms with E-state index >= 15 is 0 Å². The molecule has 1 aliphatic carbocycles. The molecule has 3 aromatic rings. The van der Waals surface area contributed by atoms with Crippen molar-refractivity contribution in [3.63, 3.8) is 0 Å². The number of hydrogen-bond donors (Lipinski definition) is 0. The van der Waals surface area contributed by atoms with Crippen molar-refractivity contribution < 1.29 is 0 Å². The van der Waals surface area contributed by atoms with Crippen molar-refractivity contribution in [1.82, 2.24) is 0 Å². The molecule has 0 saturated carbocycles. The summed E-state index contributed by atoms with van der Waals surface area (Å²) in [6, 6.07) is 23.4. The van der Waals surface area contributed by atoms with E-state index in [-0.39, 0.29) is 0 Å². The fourth-order valence-electron chi connectivity index (χ4n) is 2.76. The fraction of sp³-hybridized carbons (Fsp3) is 0.0588. The average Bonchev–Trinajstić information content (AvgIpc) is 2.78. The van der Waals surface area contributed by atoms with Gasteiger partial charge in [-0.25, -0.2) is 0 Å². The molecule has 78 valence electrons. The SMILES string of the molecule is [c]1[c]c2c3c(ccc2cc1)-c1ccccc1C3. The summed E-state index contributed by atoms with van der Waals surface area (Å²) in [5.74, 6) is 0. The van der Waals surface area contributed by atoms with Crippen LogP contribution in [0.25, 0.3) is 21.9 Å². The summed E-state index contributed by atoms with van der Waals surface area (Å²) < 4.78 is 0. The molecule has 0 bridgehead atoms. The second-order valence-electron chi connectivity index (χ2n) is 4.49. The van der Waals surface area contributed by atoms with Crippen LogP contribution in [0, 0.1) is 12.1 Å². The summed E-state index contributed by atoms with van der Waals surface area (Å²) in [5, 5.41) is 2.48. The molecule has 0 N–H and O–H groups in total. The molecule has 4 rings (SSSR count). The molecule has 0 aliphatic heterocycles. The Morgan fingerprint density at radius 1 is 0.882 bits per heavy atom. The van der Waals surface area contributed by atoms with Gasteiger partial charge < -0.3 is 0 Å². The first-order valence-electron chi connectivity index (χ1n) is 5.86. The van der Waals surface area contributed by atoms with Crippen LogP contribution in [-0.4, -0.2) is 0 Å². The lowest BCUT2D eigenvalue weighted by atomic mass is 9.99. The average molecular weight is 214 g/mol. The molecular formula is C17H10. The summed E-state index contributed by atoms with van der Waals surface area (Å²) in [5.41, 5.74) is 5.57. The third-order valence-corrected chi connectivity index (χ3v) is 3.56. The smallest absolute Gasteiger partial charge is 0.000706 e. The summed E-state index contributed by atoms with van der Waals surface area (Å²) in [4.78, 5) is 0. The zero-order valence-corrected chi connectivity index (χ0v) is 9.33. The molecule has 0 heteroatoms. The van der Waals surface area contributed by atoms with E-state index in [0.29, 0.717) is 0 Å². The van der Waals surface area contributed by atoms with E-state index in [1.807, 2.05) is 6.07 Å². The molecule has 3 aromatic carbocycles. The maximum atomic E-state index is 3.26. The second-order valence-corrected chi connectivity index (χ2v) is 4.49. The van der Waals surface area contributed by atoms with E-state index in [2.05, 4.69) is 54.6 Å². The minimum Gasteiger partial charge on any atom is -0.0619 e. The zero-order valence-electron chi connectivity index (χ0n) is 9.33. The quantitative estimate of drug-likeness (QED) is 0.415. The molecule has 0 fully saturated rings. The van der Waals surface area contributed by atoms with Crippen LogP contribution in [0.3, 0.4) is 0 Å². The van der Waals surface area contributed by atoms with Crippen molar-refractivity contribution in [2.75, 3.05) is 0 Å². The summed E-state index contributed by atoms with van der Waals surface area (Å²) in [6.45, 7) is 0. The minimum absolute atomic E-state index is 1.02. The molecule has 0 aromatic heterocycles. The van der Waals surface area contributed by atoms with Gasteiger partial charge in [-0.3, -0.25) is 0 Å². The summed E-state index contributed by atoms with van der Waals surface area (Å²) in [7, 11) is 0. The van der Waals surface area contributed by atoms with Crippen LogP contribution in [0.5, 0.6) is 0 Å². The number of benzene rings is 3. The Hall–Kier alpha value is -2.08. The topological polar surface area (TPSA) is 0 Å². The largest absolute Gasteiger partial charge is 0.0619 e. The maximum Gasteiger partial charge on any atom is -0.000706 e. The van der Waals surface area contributed by atoms with Gasteiger partial charge in [0.2, 0.25) is 0 Å². The van der Waals surface area contributed by atoms with Crippen molar-refractivity contribution >= 4 is 10.8 Å². The van der Waals surface area contributed by atoms with Crippen molar-refractivity contribution in [2.24, 2.45) is 0 Å². The van der Waals surface area contributed by atoms with E-state index in [1.165, 1.54) is 33.0 Å². The van der Waals surface area contributed by atoms with Crippen LogP contribution in [0.4, 0.5) is 0 Å². The highest BCUT2D eigenvalue weighted by molar-refractivity contribution is 5.94. The first-order chi connectivity index (χ1) is 8.43. The standard InChI is InChI=1S/C17H10/c1-3-7-14-12(5-1)9-10-16-15-8-4-2-6-13(15)11-17(14)16/h1-2,4-6,8-10H,11H2. The first-order valence-corrected chi connectivity index (χ1v) is 5.86. The van der Waals surface area contributed by atoms with Gasteiger partial charge in [-0.2, -0.15) is 0 Å². The van der Waals surface area contributed by atoms with Gasteiger partial charge in [-0.15, -0.1) is 0 Å². The Morgan fingerprint density at radius 3 is 2.82 bits per heavy atom. The Labute approximate surface area is 101 Å². The highest BCUT2D eigenvalue weighted by Gasteiger charge is 2.19. The highest BCUT2D eigenvalue weighted by atomic mass is 14.2. The van der Waals surface area contributed by atoms with Crippen LogP contribution in [-0.2, 0) is 6.42 Å².